The van der Waals surface area contributed by atoms with E-state index in [0.29, 0.717) is 6.04 Å². The maximum Gasteiger partial charge on any atom is 0.188 e. The van der Waals surface area contributed by atoms with Gasteiger partial charge in [0.2, 0.25) is 0 Å². The van der Waals surface area contributed by atoms with Crippen molar-refractivity contribution in [2.24, 2.45) is 0 Å². The van der Waals surface area contributed by atoms with E-state index in [1.165, 1.54) is 17.4 Å². The van der Waals surface area contributed by atoms with Crippen molar-refractivity contribution >= 4 is 33.2 Å². The highest BCUT2D eigenvalue weighted by molar-refractivity contribution is 7.13. The summed E-state index contributed by atoms with van der Waals surface area (Å²) in [6, 6.07) is 17.3. The first-order valence-corrected chi connectivity index (χ1v) is 10.9. The number of rotatable bonds is 5. The molecule has 1 fully saturated rings. The number of hydrogen-bond acceptors (Lipinski definition) is 6. The molecule has 0 spiro atoms. The summed E-state index contributed by atoms with van der Waals surface area (Å²) in [7, 11) is 0. The van der Waals surface area contributed by atoms with Crippen molar-refractivity contribution in [2.45, 2.75) is 32.4 Å². The fraction of sp³-hybridized carbons (Fsp3) is 0.261. The van der Waals surface area contributed by atoms with Gasteiger partial charge in [0.25, 0.3) is 0 Å². The van der Waals surface area contributed by atoms with Crippen LogP contribution in [0, 0.1) is 6.92 Å². The number of anilines is 2. The van der Waals surface area contributed by atoms with Crippen molar-refractivity contribution in [1.82, 2.24) is 19.9 Å². The van der Waals surface area contributed by atoms with Gasteiger partial charge in [0.05, 0.1) is 22.9 Å². The molecule has 0 radical (unpaired) electrons. The molecule has 0 unspecified atom stereocenters. The molecule has 0 amide bonds. The Morgan fingerprint density at radius 2 is 2.10 bits per heavy atom. The van der Waals surface area contributed by atoms with Crippen LogP contribution in [0.3, 0.4) is 0 Å². The van der Waals surface area contributed by atoms with Gasteiger partial charge in [-0.05, 0) is 62.2 Å². The molecule has 4 aromatic rings. The van der Waals surface area contributed by atoms with Gasteiger partial charge in [-0.15, -0.1) is 11.3 Å². The average Bonchev–Trinajstić information content (AvgIpc) is 3.37. The molecule has 1 aromatic carbocycles. The molecule has 6 heteroatoms. The number of likely N-dealkylation sites (tertiary alicyclic amines) is 1. The number of aromatic nitrogens is 3. The summed E-state index contributed by atoms with van der Waals surface area (Å²) in [5.41, 5.74) is 4.53. The van der Waals surface area contributed by atoms with E-state index in [1.807, 2.05) is 30.6 Å². The van der Waals surface area contributed by atoms with E-state index in [9.17, 15) is 0 Å². The molecule has 4 heterocycles. The number of aryl methyl sites for hydroxylation is 1. The summed E-state index contributed by atoms with van der Waals surface area (Å²) >= 11 is 1.61. The Kier molecular flexibility index (Phi) is 4.96. The van der Waals surface area contributed by atoms with Crippen molar-refractivity contribution < 1.29 is 0 Å². The Balaban J connectivity index is 1.35. The SMILES string of the molecule is Cc1csc(Nc2cccc([C@@H]3CCCN3Cc3ccc4ncccc4c3)n2)n1. The number of thiazole rings is 1. The van der Waals surface area contributed by atoms with Crippen molar-refractivity contribution in [3.8, 4) is 0 Å². The Labute approximate surface area is 174 Å². The van der Waals surface area contributed by atoms with Gasteiger partial charge < -0.3 is 5.32 Å². The smallest absolute Gasteiger partial charge is 0.188 e. The molecule has 1 N–H and O–H groups in total. The number of nitrogens with one attached hydrogen (secondary N) is 1. The van der Waals surface area contributed by atoms with E-state index in [0.717, 1.165) is 47.4 Å². The molecule has 5 nitrogen and oxygen atoms in total. The second-order valence-corrected chi connectivity index (χ2v) is 8.38. The molecule has 5 rings (SSSR count). The zero-order valence-electron chi connectivity index (χ0n) is 16.4. The lowest BCUT2D eigenvalue weighted by Crippen LogP contribution is -2.23. The lowest BCUT2D eigenvalue weighted by molar-refractivity contribution is 0.244. The van der Waals surface area contributed by atoms with Gasteiger partial charge in [-0.2, -0.15) is 0 Å². The van der Waals surface area contributed by atoms with Gasteiger partial charge in [0.15, 0.2) is 5.13 Å². The zero-order valence-corrected chi connectivity index (χ0v) is 17.2. The lowest BCUT2D eigenvalue weighted by atomic mass is 10.1. The van der Waals surface area contributed by atoms with E-state index >= 15 is 0 Å². The predicted octanol–water partition coefficient (Wildman–Crippen LogP) is 5.48. The monoisotopic (exact) mass is 401 g/mol. The van der Waals surface area contributed by atoms with Crippen LogP contribution in [-0.2, 0) is 6.54 Å². The van der Waals surface area contributed by atoms with Gasteiger partial charge in [-0.1, -0.05) is 18.2 Å². The Morgan fingerprint density at radius 3 is 3.00 bits per heavy atom. The second kappa shape index (κ2) is 7.89. The minimum Gasteiger partial charge on any atom is -0.316 e. The number of nitrogens with zero attached hydrogens (tertiary/aromatic N) is 4. The predicted molar refractivity (Wildman–Crippen MR) is 118 cm³/mol. The molecular weight excluding hydrogens is 378 g/mol. The van der Waals surface area contributed by atoms with Crippen molar-refractivity contribution in [3.05, 3.63) is 77.1 Å². The molecule has 1 atom stereocenters. The topological polar surface area (TPSA) is 53.9 Å². The molecular formula is C23H23N5S. The van der Waals surface area contributed by atoms with Crippen LogP contribution in [0.1, 0.15) is 35.8 Å². The number of fused-ring (bicyclic) bond motifs is 1. The number of hydrogen-bond donors (Lipinski definition) is 1. The van der Waals surface area contributed by atoms with E-state index in [4.69, 9.17) is 4.98 Å². The van der Waals surface area contributed by atoms with Gasteiger partial charge in [-0.25, -0.2) is 9.97 Å². The molecule has 146 valence electrons. The van der Waals surface area contributed by atoms with Crippen LogP contribution in [0.2, 0.25) is 0 Å². The summed E-state index contributed by atoms with van der Waals surface area (Å²) < 4.78 is 0. The van der Waals surface area contributed by atoms with E-state index in [-0.39, 0.29) is 0 Å². The summed E-state index contributed by atoms with van der Waals surface area (Å²) in [6.07, 6.45) is 4.19. The van der Waals surface area contributed by atoms with Gasteiger partial charge >= 0.3 is 0 Å². The summed E-state index contributed by atoms with van der Waals surface area (Å²) in [5.74, 6) is 0.862. The molecule has 0 aliphatic carbocycles. The fourth-order valence-electron chi connectivity index (χ4n) is 4.04. The first kappa shape index (κ1) is 18.2. The summed E-state index contributed by atoms with van der Waals surface area (Å²) in [4.78, 5) is 16.4. The lowest BCUT2D eigenvalue weighted by Gasteiger charge is -2.24. The largest absolute Gasteiger partial charge is 0.316 e. The van der Waals surface area contributed by atoms with Crippen LogP contribution in [-0.4, -0.2) is 26.4 Å². The third-order valence-corrected chi connectivity index (χ3v) is 6.26. The quantitative estimate of drug-likeness (QED) is 0.480. The van der Waals surface area contributed by atoms with Crippen LogP contribution in [0.5, 0.6) is 0 Å². The third kappa shape index (κ3) is 3.99. The zero-order chi connectivity index (χ0) is 19.6. The van der Waals surface area contributed by atoms with E-state index < -0.39 is 0 Å². The van der Waals surface area contributed by atoms with Gasteiger partial charge in [-0.3, -0.25) is 9.88 Å². The summed E-state index contributed by atoms with van der Waals surface area (Å²) in [6.45, 7) is 4.03. The summed E-state index contributed by atoms with van der Waals surface area (Å²) in [5, 5.41) is 7.48. The highest BCUT2D eigenvalue weighted by Crippen LogP contribution is 2.33. The van der Waals surface area contributed by atoms with Crippen LogP contribution in [0.4, 0.5) is 10.9 Å². The van der Waals surface area contributed by atoms with Crippen molar-refractivity contribution in [2.75, 3.05) is 11.9 Å². The molecule has 3 aromatic heterocycles. The van der Waals surface area contributed by atoms with Crippen LogP contribution < -0.4 is 5.32 Å². The Morgan fingerprint density at radius 1 is 1.14 bits per heavy atom. The third-order valence-electron chi connectivity index (χ3n) is 5.38. The second-order valence-electron chi connectivity index (χ2n) is 7.53. The van der Waals surface area contributed by atoms with Crippen LogP contribution in [0.15, 0.2) is 60.1 Å². The molecule has 1 saturated heterocycles. The molecule has 0 bridgehead atoms. The minimum atomic E-state index is 0.347. The van der Waals surface area contributed by atoms with Gasteiger partial charge in [0.1, 0.15) is 5.82 Å². The van der Waals surface area contributed by atoms with Gasteiger partial charge in [0, 0.05) is 23.5 Å². The van der Waals surface area contributed by atoms with Crippen molar-refractivity contribution in [3.63, 3.8) is 0 Å². The number of pyridine rings is 2. The molecule has 1 aliphatic heterocycles. The van der Waals surface area contributed by atoms with Crippen LogP contribution >= 0.6 is 11.3 Å². The Bertz CT molecular complexity index is 1140. The maximum atomic E-state index is 4.90. The van der Waals surface area contributed by atoms with E-state index in [1.54, 1.807) is 11.3 Å². The van der Waals surface area contributed by atoms with E-state index in [2.05, 4.69) is 56.6 Å². The standard InChI is InChI=1S/C23H23N5S/c1-16-15-29-23(25-16)27-22-8-2-6-20(26-22)21-7-4-12-28(21)14-17-9-10-19-18(13-17)5-3-11-24-19/h2-3,5-6,8-11,13,15,21H,4,7,12,14H2,1H3,(H,25,26,27)/t21-/m0/s1. The molecule has 29 heavy (non-hydrogen) atoms. The minimum absolute atomic E-state index is 0.347. The molecule has 1 aliphatic rings. The fourth-order valence-corrected chi connectivity index (χ4v) is 4.73. The highest BCUT2D eigenvalue weighted by atomic mass is 32.1. The average molecular weight is 402 g/mol. The normalized spacial score (nSPS) is 17.1. The Hall–Kier alpha value is -2.83. The maximum absolute atomic E-state index is 4.90. The number of benzene rings is 1. The first-order valence-electron chi connectivity index (χ1n) is 9.98. The molecule has 0 saturated carbocycles. The highest BCUT2D eigenvalue weighted by Gasteiger charge is 2.27. The first-order chi connectivity index (χ1) is 14.2. The van der Waals surface area contributed by atoms with Crippen LogP contribution in [0.25, 0.3) is 10.9 Å². The van der Waals surface area contributed by atoms with Crippen molar-refractivity contribution in [1.29, 1.82) is 0 Å².